The van der Waals surface area contributed by atoms with Crippen molar-refractivity contribution in [2.24, 2.45) is 5.92 Å². The van der Waals surface area contributed by atoms with Crippen molar-refractivity contribution in [1.82, 2.24) is 10.2 Å². The van der Waals surface area contributed by atoms with Crippen molar-refractivity contribution in [3.05, 3.63) is 64.2 Å². The van der Waals surface area contributed by atoms with Crippen LogP contribution in [0.2, 0.25) is 5.02 Å². The van der Waals surface area contributed by atoms with Crippen LogP contribution >= 0.6 is 11.6 Å². The van der Waals surface area contributed by atoms with E-state index in [1.165, 1.54) is 0 Å². The second-order valence-electron chi connectivity index (χ2n) is 7.63. The summed E-state index contributed by atoms with van der Waals surface area (Å²) in [6, 6.07) is 12.5. The van der Waals surface area contributed by atoms with Gasteiger partial charge in [-0.05, 0) is 62.1 Å². The first-order valence-electron chi connectivity index (χ1n) is 10.0. The Hall–Kier alpha value is -2.86. The van der Waals surface area contributed by atoms with Gasteiger partial charge in [-0.15, -0.1) is 0 Å². The summed E-state index contributed by atoms with van der Waals surface area (Å²) in [5.41, 5.74) is 3.26. The molecule has 1 heterocycles. The molecule has 30 heavy (non-hydrogen) atoms. The summed E-state index contributed by atoms with van der Waals surface area (Å²) in [6.07, 6.45) is 1.43. The number of benzene rings is 2. The molecule has 2 N–H and O–H groups in total. The van der Waals surface area contributed by atoms with Crippen molar-refractivity contribution in [1.29, 1.82) is 0 Å². The molecule has 1 aliphatic rings. The van der Waals surface area contributed by atoms with Gasteiger partial charge in [0.15, 0.2) is 0 Å². The van der Waals surface area contributed by atoms with Gasteiger partial charge in [0.05, 0.1) is 12.5 Å². The number of likely N-dealkylation sites (tertiary alicyclic amines) is 1. The van der Waals surface area contributed by atoms with Crippen LogP contribution in [0, 0.1) is 19.8 Å². The molecule has 0 spiro atoms. The number of anilines is 1. The number of halogens is 1. The number of rotatable bonds is 5. The molecular formula is C23H26ClN3O3. The topological polar surface area (TPSA) is 78.5 Å². The fraction of sp³-hybridized carbons (Fsp3) is 0.348. The van der Waals surface area contributed by atoms with Gasteiger partial charge in [0.2, 0.25) is 11.8 Å². The molecule has 0 saturated carbocycles. The van der Waals surface area contributed by atoms with E-state index < -0.39 is 0 Å². The second-order valence-corrected chi connectivity index (χ2v) is 8.07. The van der Waals surface area contributed by atoms with Gasteiger partial charge in [0.1, 0.15) is 0 Å². The van der Waals surface area contributed by atoms with Crippen molar-refractivity contribution in [3.63, 3.8) is 0 Å². The molecule has 158 valence electrons. The Morgan fingerprint density at radius 1 is 1.07 bits per heavy atom. The Labute approximate surface area is 181 Å². The number of nitrogens with zero attached hydrogens (tertiary/aromatic N) is 1. The largest absolute Gasteiger partial charge is 0.347 e. The van der Waals surface area contributed by atoms with Gasteiger partial charge < -0.3 is 15.5 Å². The summed E-state index contributed by atoms with van der Waals surface area (Å²) >= 11 is 5.88. The normalized spacial score (nSPS) is 16.1. The van der Waals surface area contributed by atoms with Gasteiger partial charge in [-0.2, -0.15) is 0 Å². The Kier molecular flexibility index (Phi) is 7.11. The molecule has 0 aliphatic carbocycles. The monoisotopic (exact) mass is 427 g/mol. The van der Waals surface area contributed by atoms with Crippen LogP contribution in [0.5, 0.6) is 0 Å². The van der Waals surface area contributed by atoms with E-state index in [1.54, 1.807) is 29.2 Å². The van der Waals surface area contributed by atoms with Crippen LogP contribution in [0.15, 0.2) is 42.5 Å². The average molecular weight is 428 g/mol. The van der Waals surface area contributed by atoms with Crippen molar-refractivity contribution >= 4 is 35.0 Å². The van der Waals surface area contributed by atoms with E-state index in [0.717, 1.165) is 23.2 Å². The predicted molar refractivity (Wildman–Crippen MR) is 118 cm³/mol. The molecule has 1 atom stereocenters. The first-order chi connectivity index (χ1) is 14.3. The number of hydrogen-bond donors (Lipinski definition) is 2. The third kappa shape index (κ3) is 5.39. The minimum absolute atomic E-state index is 0.103. The highest BCUT2D eigenvalue weighted by atomic mass is 35.5. The number of amides is 3. The zero-order valence-corrected chi connectivity index (χ0v) is 18.0. The van der Waals surface area contributed by atoms with Crippen LogP contribution in [-0.2, 0) is 9.59 Å². The average Bonchev–Trinajstić information content (AvgIpc) is 2.75. The Morgan fingerprint density at radius 2 is 1.73 bits per heavy atom. The van der Waals surface area contributed by atoms with Crippen molar-refractivity contribution in [2.45, 2.75) is 26.7 Å². The van der Waals surface area contributed by atoms with Gasteiger partial charge in [-0.3, -0.25) is 14.4 Å². The van der Waals surface area contributed by atoms with Crippen LogP contribution in [0.3, 0.4) is 0 Å². The smallest absolute Gasteiger partial charge is 0.253 e. The van der Waals surface area contributed by atoms with Crippen LogP contribution in [-0.4, -0.2) is 42.3 Å². The second kappa shape index (κ2) is 9.76. The third-order valence-corrected chi connectivity index (χ3v) is 5.59. The molecule has 6 nitrogen and oxygen atoms in total. The van der Waals surface area contributed by atoms with Gasteiger partial charge in [-0.25, -0.2) is 0 Å². The SMILES string of the molecule is Cc1cccc(C)c1NC(=O)CNC(=O)[C@H]1CCCN(C(=O)c2ccc(Cl)cc2)C1. The van der Waals surface area contributed by atoms with Crippen molar-refractivity contribution < 1.29 is 14.4 Å². The highest BCUT2D eigenvalue weighted by Crippen LogP contribution is 2.21. The summed E-state index contributed by atoms with van der Waals surface area (Å²) in [4.78, 5) is 39.3. The van der Waals surface area contributed by atoms with Crippen LogP contribution in [0.4, 0.5) is 5.69 Å². The van der Waals surface area contributed by atoms with E-state index in [2.05, 4.69) is 10.6 Å². The molecule has 0 aromatic heterocycles. The standard InChI is InChI=1S/C23H26ClN3O3/c1-15-5-3-6-16(2)21(15)26-20(28)13-25-22(29)18-7-4-12-27(14-18)23(30)17-8-10-19(24)11-9-17/h3,5-6,8-11,18H,4,7,12-14H2,1-2H3,(H,25,29)(H,26,28)/t18-/m0/s1. The van der Waals surface area contributed by atoms with E-state index >= 15 is 0 Å². The molecule has 0 radical (unpaired) electrons. The fourth-order valence-electron chi connectivity index (χ4n) is 3.66. The number of hydrogen-bond acceptors (Lipinski definition) is 3. The zero-order chi connectivity index (χ0) is 21.7. The minimum Gasteiger partial charge on any atom is -0.347 e. The summed E-state index contributed by atoms with van der Waals surface area (Å²) in [6.45, 7) is 4.70. The molecule has 2 aromatic carbocycles. The van der Waals surface area contributed by atoms with Gasteiger partial charge in [0.25, 0.3) is 5.91 Å². The fourth-order valence-corrected chi connectivity index (χ4v) is 3.78. The maximum Gasteiger partial charge on any atom is 0.253 e. The quantitative estimate of drug-likeness (QED) is 0.765. The molecule has 0 bridgehead atoms. The lowest BCUT2D eigenvalue weighted by molar-refractivity contribution is -0.128. The number of nitrogens with one attached hydrogen (secondary N) is 2. The number of para-hydroxylation sites is 1. The number of piperidine rings is 1. The van der Waals surface area contributed by atoms with E-state index in [-0.39, 0.29) is 30.2 Å². The molecule has 7 heteroatoms. The summed E-state index contributed by atoms with van der Waals surface area (Å²) in [5.74, 6) is -0.925. The van der Waals surface area contributed by atoms with E-state index in [9.17, 15) is 14.4 Å². The lowest BCUT2D eigenvalue weighted by Crippen LogP contribution is -2.46. The van der Waals surface area contributed by atoms with Crippen molar-refractivity contribution in [3.8, 4) is 0 Å². The molecule has 3 amide bonds. The van der Waals surface area contributed by atoms with Crippen molar-refractivity contribution in [2.75, 3.05) is 25.0 Å². The molecule has 1 saturated heterocycles. The van der Waals surface area contributed by atoms with Gasteiger partial charge in [0, 0.05) is 29.4 Å². The molecule has 1 fully saturated rings. The molecular weight excluding hydrogens is 402 g/mol. The maximum absolute atomic E-state index is 12.7. The molecule has 0 unspecified atom stereocenters. The third-order valence-electron chi connectivity index (χ3n) is 5.34. The van der Waals surface area contributed by atoms with E-state index in [4.69, 9.17) is 11.6 Å². The van der Waals surface area contributed by atoms with E-state index in [1.807, 2.05) is 32.0 Å². The summed E-state index contributed by atoms with van der Waals surface area (Å²) in [7, 11) is 0. The van der Waals surface area contributed by atoms with Gasteiger partial charge >= 0.3 is 0 Å². The minimum atomic E-state index is -0.331. The maximum atomic E-state index is 12.7. The predicted octanol–water partition coefficient (Wildman–Crippen LogP) is 3.56. The van der Waals surface area contributed by atoms with Gasteiger partial charge in [-0.1, -0.05) is 29.8 Å². The lowest BCUT2D eigenvalue weighted by Gasteiger charge is -2.32. The zero-order valence-electron chi connectivity index (χ0n) is 17.2. The Bertz CT molecular complexity index is 923. The Morgan fingerprint density at radius 3 is 2.40 bits per heavy atom. The first kappa shape index (κ1) is 21.8. The summed E-state index contributed by atoms with van der Waals surface area (Å²) < 4.78 is 0. The first-order valence-corrected chi connectivity index (χ1v) is 10.4. The highest BCUT2D eigenvalue weighted by molar-refractivity contribution is 6.30. The number of carbonyl (C=O) groups is 3. The molecule has 1 aliphatic heterocycles. The van der Waals surface area contributed by atoms with Crippen LogP contribution < -0.4 is 10.6 Å². The Balaban J connectivity index is 1.53. The number of carbonyl (C=O) groups excluding carboxylic acids is 3. The van der Waals surface area contributed by atoms with Crippen LogP contribution in [0.25, 0.3) is 0 Å². The van der Waals surface area contributed by atoms with E-state index in [0.29, 0.717) is 30.1 Å². The molecule has 3 rings (SSSR count). The summed E-state index contributed by atoms with van der Waals surface area (Å²) in [5, 5.41) is 6.14. The lowest BCUT2D eigenvalue weighted by atomic mass is 9.96. The highest BCUT2D eigenvalue weighted by Gasteiger charge is 2.29. The molecule has 2 aromatic rings. The number of aryl methyl sites for hydroxylation is 2. The van der Waals surface area contributed by atoms with Crippen LogP contribution in [0.1, 0.15) is 34.3 Å².